The van der Waals surface area contributed by atoms with Crippen LogP contribution in [0.5, 0.6) is 5.75 Å². The number of fused-ring (bicyclic) bond motifs is 1. The van der Waals surface area contributed by atoms with Crippen molar-refractivity contribution in [2.75, 3.05) is 0 Å². The van der Waals surface area contributed by atoms with Gasteiger partial charge in [0, 0.05) is 5.56 Å². The van der Waals surface area contributed by atoms with Gasteiger partial charge in [-0.1, -0.05) is 65.7 Å². The van der Waals surface area contributed by atoms with E-state index in [0.29, 0.717) is 10.8 Å². The third-order valence-electron chi connectivity index (χ3n) is 3.98. The summed E-state index contributed by atoms with van der Waals surface area (Å²) >= 11 is 8.25. The number of benzene rings is 2. The van der Waals surface area contributed by atoms with Crippen molar-refractivity contribution in [3.05, 3.63) is 98.7 Å². The number of hydrogen-bond donors (Lipinski definition) is 0. The Morgan fingerprint density at radius 2 is 1.71 bits per heavy atom. The van der Waals surface area contributed by atoms with Crippen molar-refractivity contribution in [1.82, 2.24) is 0 Å². The Kier molecular flexibility index (Phi) is 4.01. The van der Waals surface area contributed by atoms with Gasteiger partial charge in [-0.25, -0.2) is 0 Å². The van der Waals surface area contributed by atoms with E-state index in [4.69, 9.17) is 16.3 Å². The Morgan fingerprint density at radius 1 is 0.917 bits per heavy atom. The van der Waals surface area contributed by atoms with E-state index in [1.807, 2.05) is 41.8 Å². The Labute approximate surface area is 150 Å². The number of thiophene rings is 1. The maximum absolute atomic E-state index is 6.63. The topological polar surface area (TPSA) is 9.23 Å². The smallest absolute Gasteiger partial charge is 0.163 e. The van der Waals surface area contributed by atoms with Crippen LogP contribution in [0.3, 0.4) is 0 Å². The summed E-state index contributed by atoms with van der Waals surface area (Å²) in [4.78, 5) is 1.02. The molecule has 0 fully saturated rings. The van der Waals surface area contributed by atoms with Crippen LogP contribution in [-0.4, -0.2) is 0 Å². The molecule has 1 aliphatic rings. The van der Waals surface area contributed by atoms with Crippen molar-refractivity contribution in [3.63, 3.8) is 0 Å². The number of rotatable bonds is 2. The summed E-state index contributed by atoms with van der Waals surface area (Å²) in [5.74, 6) is 1.53. The van der Waals surface area contributed by atoms with Crippen molar-refractivity contribution < 1.29 is 4.74 Å². The number of aryl methyl sites for hydroxylation is 1. The Hall–Kier alpha value is -2.29. The third-order valence-corrected chi connectivity index (χ3v) is 5.13. The zero-order valence-corrected chi connectivity index (χ0v) is 14.7. The molecule has 2 aromatic carbocycles. The molecule has 0 atom stereocenters. The molecule has 0 aliphatic carbocycles. The lowest BCUT2D eigenvalue weighted by molar-refractivity contribution is 0.515. The minimum Gasteiger partial charge on any atom is -0.454 e. The van der Waals surface area contributed by atoms with Crippen molar-refractivity contribution in [2.45, 2.75) is 6.92 Å². The third kappa shape index (κ3) is 2.79. The zero-order valence-electron chi connectivity index (χ0n) is 13.1. The second-order valence-corrected chi connectivity index (χ2v) is 7.03. The van der Waals surface area contributed by atoms with E-state index < -0.39 is 0 Å². The first-order valence-electron chi connectivity index (χ1n) is 7.72. The molecule has 0 spiro atoms. The SMILES string of the molecule is Cc1ccc(C2=CC(Cl)=C(c3cccs3)Oc3ccccc32)cc1. The van der Waals surface area contributed by atoms with E-state index >= 15 is 0 Å². The van der Waals surface area contributed by atoms with E-state index in [0.717, 1.165) is 27.3 Å². The summed E-state index contributed by atoms with van der Waals surface area (Å²) in [5, 5.41) is 2.64. The summed E-state index contributed by atoms with van der Waals surface area (Å²) < 4.78 is 6.20. The number of halogens is 1. The van der Waals surface area contributed by atoms with Gasteiger partial charge in [-0.2, -0.15) is 0 Å². The molecule has 118 valence electrons. The van der Waals surface area contributed by atoms with Crippen LogP contribution in [0.1, 0.15) is 21.6 Å². The van der Waals surface area contributed by atoms with Crippen molar-refractivity contribution in [2.24, 2.45) is 0 Å². The molecular weight excluding hydrogens is 336 g/mol. The predicted molar refractivity (Wildman–Crippen MR) is 102 cm³/mol. The van der Waals surface area contributed by atoms with Gasteiger partial charge in [0.2, 0.25) is 0 Å². The first-order chi connectivity index (χ1) is 11.7. The standard InChI is InChI=1S/C21H15ClOS/c1-14-8-10-15(11-9-14)17-13-18(22)21(20-7-4-12-24-20)23-19-6-3-2-5-16(17)19/h2-13H,1H3. The average molecular weight is 351 g/mol. The molecule has 0 radical (unpaired) electrons. The molecule has 2 heterocycles. The van der Waals surface area contributed by atoms with Gasteiger partial charge in [0.05, 0.1) is 9.91 Å². The fourth-order valence-electron chi connectivity index (χ4n) is 2.75. The fraction of sp³-hybridized carbons (Fsp3) is 0.0476. The van der Waals surface area contributed by atoms with Gasteiger partial charge in [0.25, 0.3) is 0 Å². The van der Waals surface area contributed by atoms with Crippen LogP contribution in [0, 0.1) is 6.92 Å². The van der Waals surface area contributed by atoms with E-state index in [1.54, 1.807) is 11.3 Å². The molecule has 0 N–H and O–H groups in total. The molecule has 0 bridgehead atoms. The van der Waals surface area contributed by atoms with E-state index in [1.165, 1.54) is 5.56 Å². The quantitative estimate of drug-likeness (QED) is 0.513. The van der Waals surface area contributed by atoms with Crippen LogP contribution in [-0.2, 0) is 0 Å². The molecule has 1 aliphatic heterocycles. The van der Waals surface area contributed by atoms with Crippen molar-refractivity contribution in [1.29, 1.82) is 0 Å². The molecule has 0 saturated carbocycles. The highest BCUT2D eigenvalue weighted by molar-refractivity contribution is 7.11. The predicted octanol–water partition coefficient (Wildman–Crippen LogP) is 6.49. The normalized spacial score (nSPS) is 13.8. The molecule has 0 unspecified atom stereocenters. The molecule has 0 amide bonds. The van der Waals surface area contributed by atoms with Gasteiger partial charge in [-0.05, 0) is 41.6 Å². The van der Waals surface area contributed by atoms with E-state index in [-0.39, 0.29) is 0 Å². The van der Waals surface area contributed by atoms with Crippen LogP contribution in [0.25, 0.3) is 11.3 Å². The molecule has 3 heteroatoms. The minimum absolute atomic E-state index is 0.615. The highest BCUT2D eigenvalue weighted by Crippen LogP contribution is 2.40. The molecule has 24 heavy (non-hydrogen) atoms. The molecule has 3 aromatic rings. The van der Waals surface area contributed by atoms with Crippen LogP contribution in [0.4, 0.5) is 0 Å². The molecule has 1 aromatic heterocycles. The monoisotopic (exact) mass is 350 g/mol. The molecule has 0 saturated heterocycles. The highest BCUT2D eigenvalue weighted by Gasteiger charge is 2.20. The molecule has 1 nitrogen and oxygen atoms in total. The Balaban J connectivity index is 1.93. The maximum Gasteiger partial charge on any atom is 0.163 e. The van der Waals surface area contributed by atoms with Crippen LogP contribution in [0.2, 0.25) is 0 Å². The fourth-order valence-corrected chi connectivity index (χ4v) is 3.78. The Bertz CT molecular complexity index is 934. The van der Waals surface area contributed by atoms with Crippen LogP contribution in [0.15, 0.2) is 77.2 Å². The summed E-state index contributed by atoms with van der Waals surface area (Å²) in [6.45, 7) is 2.09. The van der Waals surface area contributed by atoms with Crippen molar-refractivity contribution >= 4 is 34.3 Å². The maximum atomic E-state index is 6.63. The van der Waals surface area contributed by atoms with Crippen LogP contribution >= 0.6 is 22.9 Å². The number of ether oxygens (including phenoxy) is 1. The van der Waals surface area contributed by atoms with Gasteiger partial charge in [-0.3, -0.25) is 0 Å². The van der Waals surface area contributed by atoms with Gasteiger partial charge in [-0.15, -0.1) is 11.3 Å². The first kappa shape index (κ1) is 15.3. The van der Waals surface area contributed by atoms with Gasteiger partial charge in [0.1, 0.15) is 5.75 Å². The lowest BCUT2D eigenvalue weighted by atomic mass is 9.96. The second kappa shape index (κ2) is 6.31. The largest absolute Gasteiger partial charge is 0.454 e. The summed E-state index contributed by atoms with van der Waals surface area (Å²) in [5.41, 5.74) is 4.48. The van der Waals surface area contributed by atoms with Crippen LogP contribution < -0.4 is 4.74 Å². The molecule has 4 rings (SSSR count). The first-order valence-corrected chi connectivity index (χ1v) is 8.98. The van der Waals surface area contributed by atoms with E-state index in [9.17, 15) is 0 Å². The number of hydrogen-bond acceptors (Lipinski definition) is 2. The number of allylic oxidation sites excluding steroid dienone is 2. The number of para-hydroxylation sites is 1. The zero-order chi connectivity index (χ0) is 16.5. The van der Waals surface area contributed by atoms with Gasteiger partial charge < -0.3 is 4.74 Å². The average Bonchev–Trinajstić information content (AvgIpc) is 3.08. The van der Waals surface area contributed by atoms with Gasteiger partial charge >= 0.3 is 0 Å². The Morgan fingerprint density at radius 3 is 2.46 bits per heavy atom. The summed E-state index contributed by atoms with van der Waals surface area (Å²) in [7, 11) is 0. The lowest BCUT2D eigenvalue weighted by Gasteiger charge is -2.12. The summed E-state index contributed by atoms with van der Waals surface area (Å²) in [6, 6.07) is 20.6. The highest BCUT2D eigenvalue weighted by atomic mass is 35.5. The molecular formula is C21H15ClOS. The van der Waals surface area contributed by atoms with E-state index in [2.05, 4.69) is 37.3 Å². The minimum atomic E-state index is 0.615. The summed E-state index contributed by atoms with van der Waals surface area (Å²) in [6.07, 6.45) is 2.01. The second-order valence-electron chi connectivity index (χ2n) is 5.68. The van der Waals surface area contributed by atoms with Crippen molar-refractivity contribution in [3.8, 4) is 5.75 Å². The lowest BCUT2D eigenvalue weighted by Crippen LogP contribution is -1.95. The van der Waals surface area contributed by atoms with Gasteiger partial charge in [0.15, 0.2) is 5.76 Å².